The summed E-state index contributed by atoms with van der Waals surface area (Å²) in [4.78, 5) is 4.64. The number of hydrogen-bond acceptors (Lipinski definition) is 2. The second kappa shape index (κ2) is 7.69. The molecule has 0 atom stereocenters. The number of allylic oxidation sites excluding steroid dienone is 1. The van der Waals surface area contributed by atoms with Crippen molar-refractivity contribution in [3.8, 4) is 0 Å². The van der Waals surface area contributed by atoms with Crippen LogP contribution in [-0.4, -0.2) is 11.2 Å². The van der Waals surface area contributed by atoms with Gasteiger partial charge in [-0.15, -0.1) is 0 Å². The molecule has 0 saturated heterocycles. The molecule has 0 amide bonds. The van der Waals surface area contributed by atoms with Crippen LogP contribution in [0, 0.1) is 6.92 Å². The molecule has 1 aromatic carbocycles. The van der Waals surface area contributed by atoms with Gasteiger partial charge in [-0.3, -0.25) is 4.99 Å². The van der Waals surface area contributed by atoms with E-state index in [-0.39, 0.29) is 16.7 Å². The van der Waals surface area contributed by atoms with Crippen LogP contribution in [0.2, 0.25) is 0 Å². The Labute approximate surface area is 128 Å². The van der Waals surface area contributed by atoms with Gasteiger partial charge in [0.15, 0.2) is 0 Å². The fourth-order valence-electron chi connectivity index (χ4n) is 1.97. The summed E-state index contributed by atoms with van der Waals surface area (Å²) in [7, 11) is 0. The summed E-state index contributed by atoms with van der Waals surface area (Å²) in [5.41, 5.74) is -0.728. The van der Waals surface area contributed by atoms with Gasteiger partial charge in [0.1, 0.15) is 0 Å². The molecule has 0 unspecified atom stereocenters. The van der Waals surface area contributed by atoms with E-state index in [2.05, 4.69) is 4.99 Å². The van der Waals surface area contributed by atoms with Crippen molar-refractivity contribution >= 4 is 23.2 Å². The molecular weight excluding hydrogens is 295 g/mol. The Bertz CT molecular complexity index is 545. The van der Waals surface area contributed by atoms with Crippen LogP contribution >= 0.6 is 11.8 Å². The molecule has 1 aliphatic heterocycles. The second-order valence-electron chi connectivity index (χ2n) is 4.50. The predicted octanol–water partition coefficient (Wildman–Crippen LogP) is 6.23. The Hall–Kier alpha value is -1.23. The lowest BCUT2D eigenvalue weighted by Crippen LogP contribution is -2.01. The minimum absolute atomic E-state index is 0.0873. The SMILES string of the molecule is CC.CC1=NC(c2cc(SC(F)(F)F)ccc2C)=CCC1. The molecule has 1 aliphatic rings. The second-order valence-corrected chi connectivity index (χ2v) is 5.64. The maximum absolute atomic E-state index is 12.4. The number of aliphatic imine (C=N–C) groups is 1. The van der Waals surface area contributed by atoms with E-state index < -0.39 is 5.51 Å². The Balaban J connectivity index is 0.00000106. The lowest BCUT2D eigenvalue weighted by molar-refractivity contribution is -0.0328. The van der Waals surface area contributed by atoms with Gasteiger partial charge < -0.3 is 0 Å². The number of aryl methyl sites for hydroxylation is 1. The largest absolute Gasteiger partial charge is 0.446 e. The van der Waals surface area contributed by atoms with E-state index in [1.165, 1.54) is 6.07 Å². The van der Waals surface area contributed by atoms with Crippen LogP contribution in [0.25, 0.3) is 5.70 Å². The number of hydrogen-bond donors (Lipinski definition) is 0. The van der Waals surface area contributed by atoms with Gasteiger partial charge in [0.25, 0.3) is 0 Å². The summed E-state index contributed by atoms with van der Waals surface area (Å²) < 4.78 is 37.2. The van der Waals surface area contributed by atoms with Gasteiger partial charge >= 0.3 is 5.51 Å². The van der Waals surface area contributed by atoms with Crippen LogP contribution in [0.5, 0.6) is 0 Å². The highest BCUT2D eigenvalue weighted by atomic mass is 32.2. The van der Waals surface area contributed by atoms with Crippen LogP contribution in [0.1, 0.15) is 44.7 Å². The normalized spacial score (nSPS) is 14.8. The minimum Gasteiger partial charge on any atom is -0.258 e. The first-order chi connectivity index (χ1) is 9.85. The highest BCUT2D eigenvalue weighted by Crippen LogP contribution is 2.38. The van der Waals surface area contributed by atoms with Crippen molar-refractivity contribution in [3.05, 3.63) is 35.4 Å². The van der Waals surface area contributed by atoms with Gasteiger partial charge in [-0.2, -0.15) is 13.2 Å². The highest BCUT2D eigenvalue weighted by molar-refractivity contribution is 8.00. The number of benzene rings is 1. The zero-order valence-electron chi connectivity index (χ0n) is 12.7. The zero-order chi connectivity index (χ0) is 16.0. The summed E-state index contributed by atoms with van der Waals surface area (Å²) in [6.07, 6.45) is 3.79. The molecule has 0 aromatic heterocycles. The lowest BCUT2D eigenvalue weighted by Gasteiger charge is -2.14. The van der Waals surface area contributed by atoms with Gasteiger partial charge in [-0.25, -0.2) is 0 Å². The summed E-state index contributed by atoms with van der Waals surface area (Å²) >= 11 is -0.0873. The highest BCUT2D eigenvalue weighted by Gasteiger charge is 2.29. The standard InChI is InChI=1S/C14H14F3NS.C2H6/c1-9-6-7-11(19-14(15,16)17)8-12(9)13-5-3-4-10(2)18-13;1-2/h5-8H,3-4H2,1-2H3;1-2H3. The Morgan fingerprint density at radius 1 is 1.14 bits per heavy atom. The topological polar surface area (TPSA) is 12.4 Å². The van der Waals surface area contributed by atoms with E-state index >= 15 is 0 Å². The first kappa shape index (κ1) is 17.8. The number of nitrogens with zero attached hydrogens (tertiary/aromatic N) is 1. The molecule has 0 radical (unpaired) electrons. The molecule has 0 fully saturated rings. The predicted molar refractivity (Wildman–Crippen MR) is 84.8 cm³/mol. The molecule has 0 saturated carbocycles. The smallest absolute Gasteiger partial charge is 0.258 e. The monoisotopic (exact) mass is 315 g/mol. The minimum atomic E-state index is -4.26. The molecule has 0 N–H and O–H groups in total. The first-order valence-corrected chi connectivity index (χ1v) is 7.78. The fraction of sp³-hybridized carbons (Fsp3) is 0.438. The zero-order valence-corrected chi connectivity index (χ0v) is 13.5. The molecule has 0 bridgehead atoms. The molecule has 5 heteroatoms. The van der Waals surface area contributed by atoms with Crippen molar-refractivity contribution < 1.29 is 13.2 Å². The average molecular weight is 315 g/mol. The Morgan fingerprint density at radius 2 is 1.81 bits per heavy atom. The average Bonchev–Trinajstić information content (AvgIpc) is 2.42. The van der Waals surface area contributed by atoms with Crippen molar-refractivity contribution in [2.24, 2.45) is 4.99 Å². The summed E-state index contributed by atoms with van der Waals surface area (Å²) in [5, 5.41) is 0. The Kier molecular flexibility index (Phi) is 6.52. The van der Waals surface area contributed by atoms with Gasteiger partial charge in [0.2, 0.25) is 0 Å². The summed E-state index contributed by atoms with van der Waals surface area (Å²) in [6.45, 7) is 7.83. The van der Waals surface area contributed by atoms with Crippen molar-refractivity contribution in [3.63, 3.8) is 0 Å². The maximum atomic E-state index is 12.4. The van der Waals surface area contributed by atoms with Crippen LogP contribution < -0.4 is 0 Å². The molecule has 0 aliphatic carbocycles. The third kappa shape index (κ3) is 5.58. The van der Waals surface area contributed by atoms with Crippen molar-refractivity contribution in [1.82, 2.24) is 0 Å². The van der Waals surface area contributed by atoms with Gasteiger partial charge in [0, 0.05) is 16.2 Å². The van der Waals surface area contributed by atoms with Crippen molar-refractivity contribution in [2.75, 3.05) is 0 Å². The Morgan fingerprint density at radius 3 is 2.38 bits per heavy atom. The molecule has 1 aromatic rings. The number of halogens is 3. The number of rotatable bonds is 2. The molecule has 2 rings (SSSR count). The van der Waals surface area contributed by atoms with Gasteiger partial charge in [0.05, 0.1) is 5.70 Å². The molecule has 1 nitrogen and oxygen atoms in total. The molecule has 116 valence electrons. The third-order valence-corrected chi connectivity index (χ3v) is 3.59. The van der Waals surface area contributed by atoms with Crippen LogP contribution in [0.15, 0.2) is 34.2 Å². The molecule has 0 spiro atoms. The number of thioether (sulfide) groups is 1. The number of alkyl halides is 3. The van der Waals surface area contributed by atoms with Gasteiger partial charge in [-0.05, 0) is 56.1 Å². The van der Waals surface area contributed by atoms with E-state index in [1.807, 2.05) is 33.8 Å². The molecular formula is C16H20F3NS. The van der Waals surface area contributed by atoms with E-state index in [9.17, 15) is 13.2 Å². The maximum Gasteiger partial charge on any atom is 0.446 e. The van der Waals surface area contributed by atoms with E-state index in [0.29, 0.717) is 0 Å². The van der Waals surface area contributed by atoms with Gasteiger partial charge in [-0.1, -0.05) is 26.0 Å². The molecule has 1 heterocycles. The van der Waals surface area contributed by atoms with E-state index in [1.54, 1.807) is 12.1 Å². The van der Waals surface area contributed by atoms with Crippen LogP contribution in [0.3, 0.4) is 0 Å². The van der Waals surface area contributed by atoms with Crippen LogP contribution in [0.4, 0.5) is 13.2 Å². The van der Waals surface area contributed by atoms with E-state index in [0.717, 1.165) is 35.4 Å². The van der Waals surface area contributed by atoms with Crippen molar-refractivity contribution in [1.29, 1.82) is 0 Å². The third-order valence-electron chi connectivity index (χ3n) is 2.87. The fourth-order valence-corrected chi connectivity index (χ4v) is 2.55. The van der Waals surface area contributed by atoms with Crippen molar-refractivity contribution in [2.45, 2.75) is 50.9 Å². The van der Waals surface area contributed by atoms with Crippen LogP contribution in [-0.2, 0) is 0 Å². The quantitative estimate of drug-likeness (QED) is 0.589. The summed E-state index contributed by atoms with van der Waals surface area (Å²) in [5.74, 6) is 0. The lowest BCUT2D eigenvalue weighted by atomic mass is 10.0. The van der Waals surface area contributed by atoms with E-state index in [4.69, 9.17) is 0 Å². The summed E-state index contributed by atoms with van der Waals surface area (Å²) in [6, 6.07) is 4.78. The molecule has 21 heavy (non-hydrogen) atoms. The first-order valence-electron chi connectivity index (χ1n) is 6.96.